The summed E-state index contributed by atoms with van der Waals surface area (Å²) in [5.74, 6) is 2.49. The number of likely N-dealkylation sites (N-methyl/N-ethyl adjacent to an activating group) is 1. The molecule has 8 heteroatoms. The standard InChI is InChI=1S/C27H32N6O2/c1-20-5-3-4-6-23(20)35-26-25(29-11-12-30-26)21-8-13-33(14-9-21)27(34)22-7-10-28-24(19-22)32-17-15-31(2)16-18-32/h3-7,10-12,19,21H,8-9,13-18H2,1-2H3. The fourth-order valence-corrected chi connectivity index (χ4v) is 4.77. The van der Waals surface area contributed by atoms with Gasteiger partial charge in [-0.1, -0.05) is 18.2 Å². The Morgan fingerprint density at radius 2 is 1.66 bits per heavy atom. The van der Waals surface area contributed by atoms with Crippen LogP contribution in [0.4, 0.5) is 5.82 Å². The van der Waals surface area contributed by atoms with Gasteiger partial charge in [0.05, 0.1) is 0 Å². The predicted molar refractivity (Wildman–Crippen MR) is 135 cm³/mol. The zero-order valence-corrected chi connectivity index (χ0v) is 20.4. The van der Waals surface area contributed by atoms with Crippen LogP contribution in [0.3, 0.4) is 0 Å². The second-order valence-electron chi connectivity index (χ2n) is 9.37. The van der Waals surface area contributed by atoms with E-state index in [0.29, 0.717) is 24.5 Å². The summed E-state index contributed by atoms with van der Waals surface area (Å²) in [7, 11) is 2.13. The van der Waals surface area contributed by atoms with Crippen LogP contribution in [0, 0.1) is 6.92 Å². The van der Waals surface area contributed by atoms with Crippen LogP contribution < -0.4 is 9.64 Å². The van der Waals surface area contributed by atoms with Crippen molar-refractivity contribution in [3.63, 3.8) is 0 Å². The number of rotatable bonds is 5. The first-order chi connectivity index (χ1) is 17.1. The number of para-hydroxylation sites is 1. The van der Waals surface area contributed by atoms with Gasteiger partial charge in [-0.25, -0.2) is 9.97 Å². The van der Waals surface area contributed by atoms with E-state index in [0.717, 1.165) is 61.8 Å². The second-order valence-corrected chi connectivity index (χ2v) is 9.37. The second kappa shape index (κ2) is 10.4. The smallest absolute Gasteiger partial charge is 0.254 e. The average molecular weight is 473 g/mol. The highest BCUT2D eigenvalue weighted by atomic mass is 16.5. The minimum atomic E-state index is 0.0664. The van der Waals surface area contributed by atoms with Crippen molar-refractivity contribution in [2.75, 3.05) is 51.2 Å². The summed E-state index contributed by atoms with van der Waals surface area (Å²) in [6.45, 7) is 7.24. The first-order valence-electron chi connectivity index (χ1n) is 12.3. The summed E-state index contributed by atoms with van der Waals surface area (Å²) in [4.78, 5) is 33.4. The van der Waals surface area contributed by atoms with Gasteiger partial charge in [-0.05, 0) is 50.6 Å². The molecule has 2 aromatic heterocycles. The van der Waals surface area contributed by atoms with E-state index in [2.05, 4.69) is 31.8 Å². The van der Waals surface area contributed by atoms with Gasteiger partial charge in [0.1, 0.15) is 17.3 Å². The lowest BCUT2D eigenvalue weighted by Crippen LogP contribution is -2.45. The van der Waals surface area contributed by atoms with E-state index in [4.69, 9.17) is 4.74 Å². The van der Waals surface area contributed by atoms with Crippen molar-refractivity contribution >= 4 is 11.7 Å². The molecular formula is C27H32N6O2. The Kier molecular flexibility index (Phi) is 6.90. The fraction of sp³-hybridized carbons (Fsp3) is 0.407. The molecule has 1 aromatic carbocycles. The SMILES string of the molecule is Cc1ccccc1Oc1nccnc1C1CCN(C(=O)c2ccnc(N3CCN(C)CC3)c2)CC1. The molecule has 2 aliphatic rings. The van der Waals surface area contributed by atoms with E-state index >= 15 is 0 Å². The molecule has 3 aromatic rings. The molecular weight excluding hydrogens is 440 g/mol. The molecule has 2 aliphatic heterocycles. The van der Waals surface area contributed by atoms with Crippen molar-refractivity contribution in [2.45, 2.75) is 25.7 Å². The third kappa shape index (κ3) is 5.27. The highest BCUT2D eigenvalue weighted by Gasteiger charge is 2.28. The summed E-state index contributed by atoms with van der Waals surface area (Å²) in [6.07, 6.45) is 6.78. The Morgan fingerprint density at radius 1 is 0.914 bits per heavy atom. The van der Waals surface area contributed by atoms with Crippen molar-refractivity contribution in [3.8, 4) is 11.6 Å². The molecule has 0 aliphatic carbocycles. The van der Waals surface area contributed by atoms with Crippen LogP contribution in [0.25, 0.3) is 0 Å². The van der Waals surface area contributed by atoms with Gasteiger partial charge in [-0.15, -0.1) is 0 Å². The summed E-state index contributed by atoms with van der Waals surface area (Å²) in [5, 5.41) is 0. The number of hydrogen-bond donors (Lipinski definition) is 0. The maximum absolute atomic E-state index is 13.3. The third-order valence-corrected chi connectivity index (χ3v) is 6.98. The zero-order chi connectivity index (χ0) is 24.2. The number of amides is 1. The molecule has 182 valence electrons. The summed E-state index contributed by atoms with van der Waals surface area (Å²) in [6, 6.07) is 11.7. The first kappa shape index (κ1) is 23.2. The average Bonchev–Trinajstić information content (AvgIpc) is 2.90. The fourth-order valence-electron chi connectivity index (χ4n) is 4.77. The van der Waals surface area contributed by atoms with Crippen LogP contribution in [-0.4, -0.2) is 77.0 Å². The number of anilines is 1. The minimum absolute atomic E-state index is 0.0664. The molecule has 1 amide bonds. The van der Waals surface area contributed by atoms with Crippen LogP contribution in [-0.2, 0) is 0 Å². The molecule has 0 radical (unpaired) electrons. The van der Waals surface area contributed by atoms with E-state index in [1.807, 2.05) is 48.2 Å². The number of hydrogen-bond acceptors (Lipinski definition) is 7. The molecule has 2 saturated heterocycles. The number of aromatic nitrogens is 3. The van der Waals surface area contributed by atoms with Gasteiger partial charge in [0.2, 0.25) is 5.88 Å². The van der Waals surface area contributed by atoms with Gasteiger partial charge >= 0.3 is 0 Å². The van der Waals surface area contributed by atoms with Crippen molar-refractivity contribution < 1.29 is 9.53 Å². The van der Waals surface area contributed by atoms with Crippen molar-refractivity contribution in [3.05, 3.63) is 71.8 Å². The lowest BCUT2D eigenvalue weighted by Gasteiger charge is -2.34. The van der Waals surface area contributed by atoms with Crippen LogP contribution in [0.15, 0.2) is 55.0 Å². The zero-order valence-electron chi connectivity index (χ0n) is 20.4. The first-order valence-corrected chi connectivity index (χ1v) is 12.3. The van der Waals surface area contributed by atoms with Crippen LogP contribution in [0.1, 0.15) is 40.4 Å². The largest absolute Gasteiger partial charge is 0.437 e. The maximum atomic E-state index is 13.3. The molecule has 5 rings (SSSR count). The van der Waals surface area contributed by atoms with E-state index in [9.17, 15) is 4.79 Å². The number of carbonyl (C=O) groups excluding carboxylic acids is 1. The number of carbonyl (C=O) groups is 1. The molecule has 0 spiro atoms. The summed E-state index contributed by atoms with van der Waals surface area (Å²) in [5.41, 5.74) is 2.62. The van der Waals surface area contributed by atoms with Gasteiger partial charge in [0.15, 0.2) is 0 Å². The van der Waals surface area contributed by atoms with E-state index in [-0.39, 0.29) is 11.8 Å². The molecule has 0 unspecified atom stereocenters. The highest BCUT2D eigenvalue weighted by Crippen LogP contribution is 2.34. The number of benzene rings is 1. The van der Waals surface area contributed by atoms with Crippen molar-refractivity contribution in [2.24, 2.45) is 0 Å². The Bertz CT molecular complexity index is 1170. The lowest BCUT2D eigenvalue weighted by molar-refractivity contribution is 0.0711. The Labute approximate surface area is 206 Å². The summed E-state index contributed by atoms with van der Waals surface area (Å²) >= 11 is 0. The predicted octanol–water partition coefficient (Wildman–Crippen LogP) is 3.74. The number of pyridine rings is 1. The van der Waals surface area contributed by atoms with Crippen LogP contribution in [0.5, 0.6) is 11.6 Å². The van der Waals surface area contributed by atoms with E-state index in [1.54, 1.807) is 18.6 Å². The van der Waals surface area contributed by atoms with Crippen molar-refractivity contribution in [1.29, 1.82) is 0 Å². The van der Waals surface area contributed by atoms with Gasteiger partial charge < -0.3 is 19.4 Å². The monoisotopic (exact) mass is 472 g/mol. The van der Waals surface area contributed by atoms with Gasteiger partial charge in [0.25, 0.3) is 5.91 Å². The number of piperazine rings is 1. The van der Waals surface area contributed by atoms with Crippen LogP contribution >= 0.6 is 0 Å². The van der Waals surface area contributed by atoms with E-state index in [1.165, 1.54) is 0 Å². The molecule has 0 saturated carbocycles. The lowest BCUT2D eigenvalue weighted by atomic mass is 9.93. The molecule has 2 fully saturated rings. The quantitative estimate of drug-likeness (QED) is 0.560. The molecule has 0 N–H and O–H groups in total. The van der Waals surface area contributed by atoms with Gasteiger partial charge in [0, 0.05) is 69.3 Å². The molecule has 0 atom stereocenters. The molecule has 8 nitrogen and oxygen atoms in total. The topological polar surface area (TPSA) is 74.7 Å². The third-order valence-electron chi connectivity index (χ3n) is 6.98. The molecule has 35 heavy (non-hydrogen) atoms. The maximum Gasteiger partial charge on any atom is 0.254 e. The normalized spacial score (nSPS) is 17.4. The number of aryl methyl sites for hydroxylation is 1. The van der Waals surface area contributed by atoms with E-state index < -0.39 is 0 Å². The van der Waals surface area contributed by atoms with Crippen LogP contribution in [0.2, 0.25) is 0 Å². The molecule has 0 bridgehead atoms. The Morgan fingerprint density at radius 3 is 2.43 bits per heavy atom. The number of likely N-dealkylation sites (tertiary alicyclic amines) is 1. The minimum Gasteiger partial charge on any atom is -0.437 e. The number of ether oxygens (including phenoxy) is 1. The Balaban J connectivity index is 1.24. The van der Waals surface area contributed by atoms with Gasteiger partial charge in [-0.3, -0.25) is 9.78 Å². The highest BCUT2D eigenvalue weighted by molar-refractivity contribution is 5.95. The van der Waals surface area contributed by atoms with Gasteiger partial charge in [-0.2, -0.15) is 0 Å². The van der Waals surface area contributed by atoms with Crippen molar-refractivity contribution in [1.82, 2.24) is 24.8 Å². The number of nitrogens with zero attached hydrogens (tertiary/aromatic N) is 6. The summed E-state index contributed by atoms with van der Waals surface area (Å²) < 4.78 is 6.15. The molecule has 4 heterocycles. The number of piperidine rings is 1. The Hall–Kier alpha value is -3.52.